The minimum atomic E-state index is -0.975. The number of alkyl carbamates (subject to hydrolysis) is 1. The van der Waals surface area contributed by atoms with Crippen LogP contribution >= 0.6 is 11.9 Å². The summed E-state index contributed by atoms with van der Waals surface area (Å²) in [6, 6.07) is -1.42. The number of nitrogens with one attached hydrogen (secondary N) is 3. The second kappa shape index (κ2) is 10.9. The summed E-state index contributed by atoms with van der Waals surface area (Å²) < 4.78 is 8.49. The first-order chi connectivity index (χ1) is 17.4. The number of ether oxygens (including phenoxy) is 1. The Morgan fingerprint density at radius 2 is 1.89 bits per heavy atom. The SMILES string of the molecule is CC(C)(C)OC(=O)N[C@H]1CCCCC/C=C\C2C[C@@]2(C(=O)NSC2(C)CC2)NC(=O)C2CCCN2C1=O. The molecule has 2 aliphatic carbocycles. The molecule has 0 spiro atoms. The van der Waals surface area contributed by atoms with Gasteiger partial charge in [-0.05, 0) is 91.0 Å². The molecule has 0 aromatic heterocycles. The number of rotatable bonds is 4. The molecule has 3 N–H and O–H groups in total. The summed E-state index contributed by atoms with van der Waals surface area (Å²) in [4.78, 5) is 54.5. The van der Waals surface area contributed by atoms with E-state index in [9.17, 15) is 19.2 Å². The van der Waals surface area contributed by atoms with Crippen molar-refractivity contribution in [3.05, 3.63) is 12.2 Å². The molecule has 3 fully saturated rings. The molecule has 0 radical (unpaired) electrons. The third-order valence-electron chi connectivity index (χ3n) is 7.67. The van der Waals surface area contributed by atoms with Crippen molar-refractivity contribution in [2.75, 3.05) is 6.54 Å². The van der Waals surface area contributed by atoms with E-state index in [0.717, 1.165) is 38.5 Å². The number of nitrogens with zero attached hydrogens (tertiary/aromatic N) is 1. The summed E-state index contributed by atoms with van der Waals surface area (Å²) in [5, 5.41) is 5.81. The van der Waals surface area contributed by atoms with Crippen LogP contribution in [0.4, 0.5) is 4.79 Å². The van der Waals surface area contributed by atoms with E-state index < -0.39 is 29.3 Å². The van der Waals surface area contributed by atoms with Gasteiger partial charge in [0.05, 0.1) is 0 Å². The lowest BCUT2D eigenvalue weighted by molar-refractivity contribution is -0.141. The highest BCUT2D eigenvalue weighted by Crippen LogP contribution is 2.49. The molecule has 10 heteroatoms. The van der Waals surface area contributed by atoms with Crippen LogP contribution in [-0.4, -0.2) is 63.2 Å². The lowest BCUT2D eigenvalue weighted by Gasteiger charge is -2.30. The van der Waals surface area contributed by atoms with E-state index in [1.807, 2.05) is 0 Å². The van der Waals surface area contributed by atoms with Crippen molar-refractivity contribution in [3.8, 4) is 0 Å². The first kappa shape index (κ1) is 27.8. The maximum Gasteiger partial charge on any atom is 0.408 e. The van der Waals surface area contributed by atoms with Gasteiger partial charge in [0.25, 0.3) is 5.91 Å². The molecule has 2 heterocycles. The van der Waals surface area contributed by atoms with Crippen LogP contribution in [-0.2, 0) is 19.1 Å². The fourth-order valence-corrected chi connectivity index (χ4v) is 5.91. The van der Waals surface area contributed by atoms with Gasteiger partial charge in [0.2, 0.25) is 11.8 Å². The van der Waals surface area contributed by atoms with Gasteiger partial charge in [0, 0.05) is 17.2 Å². The van der Waals surface area contributed by atoms with Gasteiger partial charge in [0.1, 0.15) is 23.2 Å². The fraction of sp³-hybridized carbons (Fsp3) is 0.778. The van der Waals surface area contributed by atoms with Crippen LogP contribution in [0.15, 0.2) is 12.2 Å². The van der Waals surface area contributed by atoms with Gasteiger partial charge >= 0.3 is 6.09 Å². The quantitative estimate of drug-likeness (QED) is 0.375. The maximum absolute atomic E-state index is 13.6. The van der Waals surface area contributed by atoms with Crippen LogP contribution in [0.1, 0.15) is 91.9 Å². The number of allylic oxidation sites excluding steroid dienone is 1. The number of hydrogen-bond donors (Lipinski definition) is 3. The Kier molecular flexibility index (Phi) is 8.16. The van der Waals surface area contributed by atoms with E-state index in [2.05, 4.69) is 34.4 Å². The van der Waals surface area contributed by atoms with Crippen molar-refractivity contribution in [3.63, 3.8) is 0 Å². The van der Waals surface area contributed by atoms with E-state index in [0.29, 0.717) is 32.2 Å². The van der Waals surface area contributed by atoms with Crippen LogP contribution in [0.2, 0.25) is 0 Å². The summed E-state index contributed by atoms with van der Waals surface area (Å²) >= 11 is 1.45. The molecule has 4 amide bonds. The fourth-order valence-electron chi connectivity index (χ4n) is 5.08. The predicted octanol–water partition coefficient (Wildman–Crippen LogP) is 3.58. The Morgan fingerprint density at radius 3 is 2.59 bits per heavy atom. The van der Waals surface area contributed by atoms with Crippen molar-refractivity contribution in [1.29, 1.82) is 0 Å². The van der Waals surface area contributed by atoms with Crippen LogP contribution in [0, 0.1) is 5.92 Å². The topological polar surface area (TPSA) is 117 Å². The third-order valence-corrected chi connectivity index (χ3v) is 8.86. The number of carbonyl (C=O) groups excluding carboxylic acids is 4. The molecule has 4 aliphatic rings. The number of amides is 4. The van der Waals surface area contributed by atoms with E-state index in [-0.39, 0.29) is 28.4 Å². The molecule has 4 atom stereocenters. The zero-order chi connectivity index (χ0) is 26.8. The number of hydrogen-bond acceptors (Lipinski definition) is 6. The van der Waals surface area contributed by atoms with Gasteiger partial charge in [-0.25, -0.2) is 4.79 Å². The molecular weight excluding hydrogens is 492 g/mol. The van der Waals surface area contributed by atoms with E-state index in [1.54, 1.807) is 25.7 Å². The Labute approximate surface area is 224 Å². The zero-order valence-electron chi connectivity index (χ0n) is 22.6. The van der Waals surface area contributed by atoms with Crippen molar-refractivity contribution in [1.82, 2.24) is 20.3 Å². The maximum atomic E-state index is 13.6. The number of fused-ring (bicyclic) bond motifs is 2. The molecule has 4 rings (SSSR count). The van der Waals surface area contributed by atoms with Crippen LogP contribution in [0.5, 0.6) is 0 Å². The first-order valence-corrected chi connectivity index (χ1v) is 14.5. The average Bonchev–Trinajstić information content (AvgIpc) is 3.65. The molecule has 37 heavy (non-hydrogen) atoms. The summed E-state index contributed by atoms with van der Waals surface area (Å²) in [5.41, 5.74) is -1.66. The molecule has 9 nitrogen and oxygen atoms in total. The Morgan fingerprint density at radius 1 is 1.14 bits per heavy atom. The summed E-state index contributed by atoms with van der Waals surface area (Å²) in [6.45, 7) is 7.90. The van der Waals surface area contributed by atoms with Crippen molar-refractivity contribution >= 4 is 35.8 Å². The Hall–Kier alpha value is -2.23. The van der Waals surface area contributed by atoms with Crippen LogP contribution < -0.4 is 15.4 Å². The standard InChI is InChI=1S/C27H42N4O5S/c1-25(2,3)36-24(35)28-19-12-9-7-5-6-8-11-18-17-27(18,23(34)30-37-26(4)14-15-26)29-21(32)20-13-10-16-31(20)22(19)33/h8,11,18-20H,5-7,9-10,12-17H2,1-4H3,(H,28,35)(H,29,32)(H,30,34)/b11-8-/t18?,19-,20?,27+/m0/s1. The van der Waals surface area contributed by atoms with Gasteiger partial charge < -0.3 is 20.3 Å². The highest BCUT2D eigenvalue weighted by molar-refractivity contribution is 7.99. The van der Waals surface area contributed by atoms with Crippen molar-refractivity contribution < 1.29 is 23.9 Å². The Balaban J connectivity index is 1.50. The minimum Gasteiger partial charge on any atom is -0.444 e. The second-order valence-corrected chi connectivity index (χ2v) is 13.6. The van der Waals surface area contributed by atoms with Gasteiger partial charge in [-0.2, -0.15) is 0 Å². The van der Waals surface area contributed by atoms with E-state index in [1.165, 1.54) is 11.9 Å². The predicted molar refractivity (Wildman–Crippen MR) is 142 cm³/mol. The lowest BCUT2D eigenvalue weighted by atomic mass is 10.0. The molecule has 2 unspecified atom stereocenters. The number of carbonyl (C=O) groups is 4. The molecule has 206 valence electrons. The van der Waals surface area contributed by atoms with Gasteiger partial charge in [-0.3, -0.25) is 19.1 Å². The van der Waals surface area contributed by atoms with Crippen molar-refractivity contribution in [2.45, 2.75) is 120 Å². The molecule has 1 saturated heterocycles. The molecule has 2 aliphatic heterocycles. The summed E-state index contributed by atoms with van der Waals surface area (Å²) in [5.74, 6) is -0.787. The van der Waals surface area contributed by atoms with Crippen LogP contribution in [0.3, 0.4) is 0 Å². The normalized spacial score (nSPS) is 32.5. The smallest absolute Gasteiger partial charge is 0.408 e. The van der Waals surface area contributed by atoms with Crippen molar-refractivity contribution in [2.24, 2.45) is 5.92 Å². The van der Waals surface area contributed by atoms with Gasteiger partial charge in [0.15, 0.2) is 0 Å². The summed E-state index contributed by atoms with van der Waals surface area (Å²) in [6.07, 6.45) is 11.4. The second-order valence-electron chi connectivity index (χ2n) is 12.2. The summed E-state index contributed by atoms with van der Waals surface area (Å²) in [7, 11) is 0. The largest absolute Gasteiger partial charge is 0.444 e. The molecule has 2 saturated carbocycles. The van der Waals surface area contributed by atoms with Gasteiger partial charge in [-0.1, -0.05) is 25.0 Å². The average molecular weight is 535 g/mol. The minimum absolute atomic E-state index is 0.0543. The monoisotopic (exact) mass is 534 g/mol. The highest BCUT2D eigenvalue weighted by Gasteiger charge is 2.61. The molecule has 0 aromatic rings. The van der Waals surface area contributed by atoms with Crippen LogP contribution in [0.25, 0.3) is 0 Å². The van der Waals surface area contributed by atoms with Gasteiger partial charge in [-0.15, -0.1) is 0 Å². The molecular formula is C27H42N4O5S. The molecule has 0 aromatic carbocycles. The molecule has 0 bridgehead atoms. The first-order valence-electron chi connectivity index (χ1n) is 13.7. The Bertz CT molecular complexity index is 944. The lowest BCUT2D eigenvalue weighted by Crippen LogP contribution is -2.57. The van der Waals surface area contributed by atoms with E-state index in [4.69, 9.17) is 4.74 Å². The highest BCUT2D eigenvalue weighted by atomic mass is 32.2. The zero-order valence-corrected chi connectivity index (χ0v) is 23.4. The van der Waals surface area contributed by atoms with E-state index >= 15 is 0 Å². The third kappa shape index (κ3) is 7.00.